The maximum absolute atomic E-state index is 12.4. The molecule has 1 heterocycles. The van der Waals surface area contributed by atoms with E-state index in [2.05, 4.69) is 5.32 Å². The molecule has 2 aromatic carbocycles. The molecule has 1 atom stereocenters. The number of nitrogens with zero attached hydrogens (tertiary/aromatic N) is 1. The molecule has 25 heavy (non-hydrogen) atoms. The molecule has 1 aliphatic rings. The van der Waals surface area contributed by atoms with Gasteiger partial charge in [0.1, 0.15) is 0 Å². The van der Waals surface area contributed by atoms with Crippen molar-refractivity contribution in [1.29, 1.82) is 0 Å². The Balaban J connectivity index is 1.64. The molecule has 1 fully saturated rings. The molecule has 0 saturated carbocycles. The lowest BCUT2D eigenvalue weighted by molar-refractivity contribution is -0.126. The second-order valence-electron chi connectivity index (χ2n) is 6.20. The second-order valence-corrected chi connectivity index (χ2v) is 7.05. The minimum absolute atomic E-state index is 0.125. The normalized spacial score (nSPS) is 17.0. The molecule has 0 aliphatic carbocycles. The van der Waals surface area contributed by atoms with Crippen molar-refractivity contribution in [2.45, 2.75) is 19.9 Å². The van der Waals surface area contributed by atoms with Crippen LogP contribution >= 0.6 is 23.2 Å². The summed E-state index contributed by atoms with van der Waals surface area (Å²) in [7, 11) is 0. The molecule has 1 N–H and O–H groups in total. The van der Waals surface area contributed by atoms with Gasteiger partial charge in [0.15, 0.2) is 0 Å². The summed E-state index contributed by atoms with van der Waals surface area (Å²) in [4.78, 5) is 26.3. The van der Waals surface area contributed by atoms with Gasteiger partial charge in [-0.2, -0.15) is 0 Å². The summed E-state index contributed by atoms with van der Waals surface area (Å²) in [5, 5.41) is 3.84. The molecule has 6 heteroatoms. The Kier molecular flexibility index (Phi) is 5.30. The van der Waals surface area contributed by atoms with E-state index in [1.54, 1.807) is 18.2 Å². The number of aryl methyl sites for hydroxylation is 1. The highest BCUT2D eigenvalue weighted by Crippen LogP contribution is 2.33. The summed E-state index contributed by atoms with van der Waals surface area (Å²) in [5.41, 5.74) is 2.75. The van der Waals surface area contributed by atoms with E-state index in [0.717, 1.165) is 5.56 Å². The molecule has 0 bridgehead atoms. The summed E-state index contributed by atoms with van der Waals surface area (Å²) >= 11 is 12.2. The third kappa shape index (κ3) is 4.14. The highest BCUT2D eigenvalue weighted by molar-refractivity contribution is 6.35. The van der Waals surface area contributed by atoms with Gasteiger partial charge in [0.2, 0.25) is 11.8 Å². The van der Waals surface area contributed by atoms with E-state index in [9.17, 15) is 9.59 Å². The first-order chi connectivity index (χ1) is 11.9. The minimum atomic E-state index is -0.395. The predicted octanol–water partition coefficient (Wildman–Crippen LogP) is 3.97. The fourth-order valence-electron chi connectivity index (χ4n) is 2.85. The van der Waals surface area contributed by atoms with Crippen LogP contribution in [0.15, 0.2) is 42.5 Å². The molecule has 0 spiro atoms. The third-order valence-corrected chi connectivity index (χ3v) is 4.84. The van der Waals surface area contributed by atoms with E-state index >= 15 is 0 Å². The van der Waals surface area contributed by atoms with Gasteiger partial charge in [0.05, 0.1) is 16.6 Å². The van der Waals surface area contributed by atoms with Gasteiger partial charge in [0.25, 0.3) is 0 Å². The van der Waals surface area contributed by atoms with Crippen LogP contribution in [0.5, 0.6) is 0 Å². The van der Waals surface area contributed by atoms with Crippen molar-refractivity contribution in [3.8, 4) is 0 Å². The van der Waals surface area contributed by atoms with Gasteiger partial charge in [-0.25, -0.2) is 0 Å². The Bertz CT molecular complexity index is 806. The molecule has 0 radical (unpaired) electrons. The zero-order chi connectivity index (χ0) is 18.0. The lowest BCUT2D eigenvalue weighted by Crippen LogP contribution is -2.32. The van der Waals surface area contributed by atoms with E-state index in [1.807, 2.05) is 31.2 Å². The number of hydrogen-bond acceptors (Lipinski definition) is 2. The van der Waals surface area contributed by atoms with Crippen LogP contribution in [0.3, 0.4) is 0 Å². The van der Waals surface area contributed by atoms with Crippen LogP contribution in [-0.2, 0) is 16.1 Å². The van der Waals surface area contributed by atoms with Crippen LogP contribution in [0.25, 0.3) is 0 Å². The van der Waals surface area contributed by atoms with Crippen molar-refractivity contribution in [1.82, 2.24) is 5.32 Å². The highest BCUT2D eigenvalue weighted by Gasteiger charge is 2.35. The molecular formula is C19H18Cl2N2O2. The fraction of sp³-hybridized carbons (Fsp3) is 0.263. The smallest absolute Gasteiger partial charge is 0.227 e. The summed E-state index contributed by atoms with van der Waals surface area (Å²) in [6.07, 6.45) is 0.169. The number of carbonyl (C=O) groups is 2. The molecule has 1 unspecified atom stereocenters. The average molecular weight is 377 g/mol. The number of benzene rings is 2. The molecule has 1 saturated heterocycles. The van der Waals surface area contributed by atoms with Crippen LogP contribution < -0.4 is 10.2 Å². The molecule has 1 aliphatic heterocycles. The van der Waals surface area contributed by atoms with Gasteiger partial charge in [-0.15, -0.1) is 0 Å². The number of anilines is 1. The average Bonchev–Trinajstić information content (AvgIpc) is 2.98. The lowest BCUT2D eigenvalue weighted by Gasteiger charge is -2.18. The molecule has 0 aromatic heterocycles. The number of carbonyl (C=O) groups excluding carboxylic acids is 2. The van der Waals surface area contributed by atoms with Crippen molar-refractivity contribution in [3.05, 3.63) is 63.6 Å². The van der Waals surface area contributed by atoms with Crippen molar-refractivity contribution < 1.29 is 9.59 Å². The first-order valence-electron chi connectivity index (χ1n) is 8.02. The number of halogens is 2. The Hall–Kier alpha value is -2.04. The van der Waals surface area contributed by atoms with Crippen molar-refractivity contribution in [2.24, 2.45) is 5.92 Å². The lowest BCUT2D eigenvalue weighted by atomic mass is 10.1. The summed E-state index contributed by atoms with van der Waals surface area (Å²) < 4.78 is 0. The molecule has 3 rings (SSSR count). The first kappa shape index (κ1) is 17.8. The number of rotatable bonds is 4. The Morgan fingerprint density at radius 3 is 2.64 bits per heavy atom. The van der Waals surface area contributed by atoms with E-state index in [1.165, 1.54) is 10.5 Å². The van der Waals surface area contributed by atoms with Crippen molar-refractivity contribution in [3.63, 3.8) is 0 Å². The van der Waals surface area contributed by atoms with Gasteiger partial charge >= 0.3 is 0 Å². The van der Waals surface area contributed by atoms with Gasteiger partial charge in [0, 0.05) is 24.5 Å². The number of hydrogen-bond donors (Lipinski definition) is 1. The fourth-order valence-corrected chi connectivity index (χ4v) is 3.23. The van der Waals surface area contributed by atoms with E-state index in [4.69, 9.17) is 23.2 Å². The van der Waals surface area contributed by atoms with Crippen molar-refractivity contribution in [2.75, 3.05) is 11.4 Å². The van der Waals surface area contributed by atoms with Gasteiger partial charge in [-0.05, 0) is 30.7 Å². The molecule has 4 nitrogen and oxygen atoms in total. The topological polar surface area (TPSA) is 49.4 Å². The predicted molar refractivity (Wildman–Crippen MR) is 99.9 cm³/mol. The van der Waals surface area contributed by atoms with E-state index < -0.39 is 5.92 Å². The summed E-state index contributed by atoms with van der Waals surface area (Å²) in [5.74, 6) is -0.651. The molecule has 130 valence electrons. The monoisotopic (exact) mass is 376 g/mol. The van der Waals surface area contributed by atoms with Crippen LogP contribution in [-0.4, -0.2) is 18.4 Å². The molecule has 2 aromatic rings. The Morgan fingerprint density at radius 2 is 1.92 bits per heavy atom. The minimum Gasteiger partial charge on any atom is -0.352 e. The van der Waals surface area contributed by atoms with Crippen LogP contribution in [0.4, 0.5) is 5.69 Å². The quantitative estimate of drug-likeness (QED) is 0.877. The van der Waals surface area contributed by atoms with Gasteiger partial charge in [-0.1, -0.05) is 53.0 Å². The van der Waals surface area contributed by atoms with E-state index in [-0.39, 0.29) is 18.2 Å². The Labute approximate surface area is 156 Å². The third-order valence-electron chi connectivity index (χ3n) is 4.28. The first-order valence-corrected chi connectivity index (χ1v) is 8.78. The van der Waals surface area contributed by atoms with Crippen LogP contribution in [0, 0.1) is 12.8 Å². The molecule has 2 amide bonds. The van der Waals surface area contributed by atoms with Gasteiger partial charge < -0.3 is 10.2 Å². The van der Waals surface area contributed by atoms with Crippen molar-refractivity contribution >= 4 is 40.7 Å². The summed E-state index contributed by atoms with van der Waals surface area (Å²) in [6, 6.07) is 12.9. The maximum atomic E-state index is 12.4. The van der Waals surface area contributed by atoms with E-state index in [0.29, 0.717) is 28.8 Å². The number of amides is 2. The SMILES string of the molecule is Cc1ccc(CNC(=O)C2CC(=O)N(c3cc(Cl)ccc3Cl)C2)cc1. The zero-order valence-corrected chi connectivity index (χ0v) is 15.3. The molecular weight excluding hydrogens is 359 g/mol. The Morgan fingerprint density at radius 1 is 1.20 bits per heavy atom. The maximum Gasteiger partial charge on any atom is 0.227 e. The second kappa shape index (κ2) is 7.46. The standard InChI is InChI=1S/C19H18Cl2N2O2/c1-12-2-4-13(5-3-12)10-22-19(25)14-8-18(24)23(11-14)17-9-15(20)6-7-16(17)21/h2-7,9,14H,8,10-11H2,1H3,(H,22,25). The van der Waals surface area contributed by atoms with Crippen LogP contribution in [0.2, 0.25) is 10.0 Å². The van der Waals surface area contributed by atoms with Gasteiger partial charge in [-0.3, -0.25) is 9.59 Å². The highest BCUT2D eigenvalue weighted by atomic mass is 35.5. The summed E-state index contributed by atoms with van der Waals surface area (Å²) in [6.45, 7) is 2.77. The van der Waals surface area contributed by atoms with Crippen LogP contribution in [0.1, 0.15) is 17.5 Å². The zero-order valence-electron chi connectivity index (χ0n) is 13.8. The largest absolute Gasteiger partial charge is 0.352 e. The number of nitrogens with one attached hydrogen (secondary N) is 1.